The number of likely N-dealkylation sites (tertiary alicyclic amines) is 1. The maximum absolute atomic E-state index is 12.0. The Morgan fingerprint density at radius 1 is 1.11 bits per heavy atom. The Kier molecular flexibility index (Phi) is 3.38. The fourth-order valence-electron chi connectivity index (χ4n) is 3.83. The average molecular weight is 251 g/mol. The zero-order valence-electron chi connectivity index (χ0n) is 12.9. The van der Waals surface area contributed by atoms with Crippen LogP contribution < -0.4 is 0 Å². The van der Waals surface area contributed by atoms with Gasteiger partial charge < -0.3 is 0 Å². The maximum atomic E-state index is 12.0. The van der Waals surface area contributed by atoms with Crippen LogP contribution in [0.1, 0.15) is 60.8 Å². The first-order valence-electron chi connectivity index (χ1n) is 7.40. The van der Waals surface area contributed by atoms with Crippen LogP contribution in [0.5, 0.6) is 0 Å². The zero-order valence-corrected chi connectivity index (χ0v) is 12.9. The normalized spacial score (nSPS) is 34.8. The van der Waals surface area contributed by atoms with Crippen LogP contribution in [0.3, 0.4) is 0 Å². The van der Waals surface area contributed by atoms with Gasteiger partial charge in [-0.1, -0.05) is 20.8 Å². The number of carbonyl (C=O) groups excluding carboxylic acids is 1. The van der Waals surface area contributed by atoms with Crippen molar-refractivity contribution in [1.82, 2.24) is 4.90 Å². The molecule has 0 aromatic carbocycles. The molecule has 2 heteroatoms. The number of hydrogen-bond donors (Lipinski definition) is 0. The highest BCUT2D eigenvalue weighted by molar-refractivity contribution is 5.83. The first-order chi connectivity index (χ1) is 8.10. The van der Waals surface area contributed by atoms with Crippen LogP contribution in [0.15, 0.2) is 0 Å². The second kappa shape index (κ2) is 4.33. The molecule has 0 aromatic heterocycles. The number of piperidine rings is 1. The Labute approximate surface area is 112 Å². The van der Waals surface area contributed by atoms with Crippen molar-refractivity contribution < 1.29 is 4.79 Å². The molecule has 1 heterocycles. The fraction of sp³-hybridized carbons (Fsp3) is 0.938. The lowest BCUT2D eigenvalue weighted by Crippen LogP contribution is -2.59. The molecule has 1 aliphatic carbocycles. The van der Waals surface area contributed by atoms with Gasteiger partial charge in [0.1, 0.15) is 5.78 Å². The van der Waals surface area contributed by atoms with E-state index in [2.05, 4.69) is 46.4 Å². The van der Waals surface area contributed by atoms with Gasteiger partial charge in [0.2, 0.25) is 0 Å². The Morgan fingerprint density at radius 2 is 1.72 bits per heavy atom. The summed E-state index contributed by atoms with van der Waals surface area (Å²) in [6.07, 6.45) is 3.02. The number of nitrogens with zero attached hydrogens (tertiary/aromatic N) is 1. The SMILES string of the molecule is CC(C)(C)C1CC2C(=O)CCC2CN1C(C)(C)C. The molecular formula is C16H29NO. The second-order valence-electron chi connectivity index (χ2n) is 8.31. The van der Waals surface area contributed by atoms with Gasteiger partial charge in [-0.2, -0.15) is 0 Å². The summed E-state index contributed by atoms with van der Waals surface area (Å²) in [6.45, 7) is 15.0. The van der Waals surface area contributed by atoms with Gasteiger partial charge in [0.05, 0.1) is 0 Å². The molecule has 0 spiro atoms. The second-order valence-corrected chi connectivity index (χ2v) is 8.31. The smallest absolute Gasteiger partial charge is 0.136 e. The molecule has 1 aliphatic heterocycles. The molecule has 2 rings (SSSR count). The van der Waals surface area contributed by atoms with E-state index in [0.717, 1.165) is 25.8 Å². The molecule has 0 radical (unpaired) electrons. The van der Waals surface area contributed by atoms with Crippen LogP contribution >= 0.6 is 0 Å². The van der Waals surface area contributed by atoms with E-state index in [1.807, 2.05) is 0 Å². The van der Waals surface area contributed by atoms with Crippen molar-refractivity contribution >= 4 is 5.78 Å². The van der Waals surface area contributed by atoms with Gasteiger partial charge in [-0.25, -0.2) is 0 Å². The Bertz CT molecular complexity index is 334. The molecule has 1 saturated carbocycles. The molecular weight excluding hydrogens is 222 g/mol. The van der Waals surface area contributed by atoms with Crippen LogP contribution in [0, 0.1) is 17.3 Å². The molecule has 2 nitrogen and oxygen atoms in total. The minimum Gasteiger partial charge on any atom is -0.299 e. The highest BCUT2D eigenvalue weighted by Gasteiger charge is 2.48. The number of ketones is 1. The van der Waals surface area contributed by atoms with E-state index in [9.17, 15) is 4.79 Å². The highest BCUT2D eigenvalue weighted by atomic mass is 16.1. The van der Waals surface area contributed by atoms with E-state index < -0.39 is 0 Å². The molecule has 3 atom stereocenters. The predicted molar refractivity (Wildman–Crippen MR) is 75.5 cm³/mol. The molecule has 3 unspecified atom stereocenters. The summed E-state index contributed by atoms with van der Waals surface area (Å²) in [5.74, 6) is 1.51. The summed E-state index contributed by atoms with van der Waals surface area (Å²) in [7, 11) is 0. The molecule has 0 N–H and O–H groups in total. The van der Waals surface area contributed by atoms with E-state index in [1.54, 1.807) is 0 Å². The first-order valence-corrected chi connectivity index (χ1v) is 7.40. The number of Topliss-reactive ketones (excluding diaryl/α,β-unsaturated/α-hetero) is 1. The summed E-state index contributed by atoms with van der Waals surface area (Å²) in [5, 5.41) is 0. The van der Waals surface area contributed by atoms with Crippen molar-refractivity contribution in [1.29, 1.82) is 0 Å². The van der Waals surface area contributed by atoms with Crippen LogP contribution in [0.2, 0.25) is 0 Å². The van der Waals surface area contributed by atoms with E-state index in [1.165, 1.54) is 0 Å². The number of carbonyl (C=O) groups is 1. The van der Waals surface area contributed by atoms with Gasteiger partial charge in [0.25, 0.3) is 0 Å². The molecule has 104 valence electrons. The molecule has 2 aliphatic rings. The van der Waals surface area contributed by atoms with E-state index in [4.69, 9.17) is 0 Å². The predicted octanol–water partition coefficient (Wildman–Crippen LogP) is 3.50. The van der Waals surface area contributed by atoms with Crippen molar-refractivity contribution in [3.8, 4) is 0 Å². The van der Waals surface area contributed by atoms with E-state index in [0.29, 0.717) is 23.7 Å². The van der Waals surface area contributed by atoms with Gasteiger partial charge in [-0.15, -0.1) is 0 Å². The largest absolute Gasteiger partial charge is 0.299 e. The third-order valence-corrected chi connectivity index (χ3v) is 4.89. The third kappa shape index (κ3) is 2.49. The van der Waals surface area contributed by atoms with Gasteiger partial charge in [0.15, 0.2) is 0 Å². The quantitative estimate of drug-likeness (QED) is 0.657. The molecule has 0 bridgehead atoms. The van der Waals surface area contributed by atoms with Crippen LogP contribution in [0.25, 0.3) is 0 Å². The summed E-state index contributed by atoms with van der Waals surface area (Å²) in [6, 6.07) is 0.529. The summed E-state index contributed by atoms with van der Waals surface area (Å²) < 4.78 is 0. The zero-order chi connectivity index (χ0) is 13.7. The van der Waals surface area contributed by atoms with Gasteiger partial charge in [-0.3, -0.25) is 9.69 Å². The van der Waals surface area contributed by atoms with Crippen molar-refractivity contribution in [3.05, 3.63) is 0 Å². The molecule has 1 saturated heterocycles. The van der Waals surface area contributed by atoms with Crippen LogP contribution in [0.4, 0.5) is 0 Å². The first kappa shape index (κ1) is 14.0. The van der Waals surface area contributed by atoms with Crippen LogP contribution in [-0.4, -0.2) is 28.8 Å². The third-order valence-electron chi connectivity index (χ3n) is 4.89. The van der Waals surface area contributed by atoms with Crippen molar-refractivity contribution in [3.63, 3.8) is 0 Å². The Balaban J connectivity index is 2.26. The molecule has 2 fully saturated rings. The summed E-state index contributed by atoms with van der Waals surface area (Å²) in [5.41, 5.74) is 0.454. The average Bonchev–Trinajstić information content (AvgIpc) is 2.56. The molecule has 18 heavy (non-hydrogen) atoms. The van der Waals surface area contributed by atoms with E-state index >= 15 is 0 Å². The summed E-state index contributed by atoms with van der Waals surface area (Å²) in [4.78, 5) is 14.7. The lowest BCUT2D eigenvalue weighted by atomic mass is 9.72. The number of hydrogen-bond acceptors (Lipinski definition) is 2. The van der Waals surface area contributed by atoms with E-state index in [-0.39, 0.29) is 11.0 Å². The molecule has 0 aromatic rings. The Hall–Kier alpha value is -0.370. The minimum absolute atomic E-state index is 0.203. The van der Waals surface area contributed by atoms with Crippen LogP contribution in [-0.2, 0) is 4.79 Å². The van der Waals surface area contributed by atoms with Crippen molar-refractivity contribution in [2.45, 2.75) is 72.4 Å². The maximum Gasteiger partial charge on any atom is 0.136 e. The van der Waals surface area contributed by atoms with Crippen molar-refractivity contribution in [2.24, 2.45) is 17.3 Å². The van der Waals surface area contributed by atoms with Gasteiger partial charge in [0, 0.05) is 30.5 Å². The van der Waals surface area contributed by atoms with Gasteiger partial charge >= 0.3 is 0 Å². The van der Waals surface area contributed by atoms with Crippen molar-refractivity contribution in [2.75, 3.05) is 6.54 Å². The highest BCUT2D eigenvalue weighted by Crippen LogP contribution is 2.44. The topological polar surface area (TPSA) is 20.3 Å². The lowest BCUT2D eigenvalue weighted by Gasteiger charge is -2.53. The Morgan fingerprint density at radius 3 is 2.22 bits per heavy atom. The lowest BCUT2D eigenvalue weighted by molar-refractivity contribution is -0.125. The number of fused-ring (bicyclic) bond motifs is 1. The van der Waals surface area contributed by atoms with Gasteiger partial charge in [-0.05, 0) is 44.9 Å². The minimum atomic E-state index is 0.203. The summed E-state index contributed by atoms with van der Waals surface area (Å²) >= 11 is 0. The molecule has 0 amide bonds. The standard InChI is InChI=1S/C16H29NO/c1-15(2,3)14-9-12-11(7-8-13(12)18)10-17(14)16(4,5)6/h11-12,14H,7-10H2,1-6H3. The fourth-order valence-corrected chi connectivity index (χ4v) is 3.83. The number of rotatable bonds is 0. The monoisotopic (exact) mass is 251 g/mol.